The molecular weight excluding hydrogens is 236 g/mol. The Hall–Kier alpha value is -1.48. The van der Waals surface area contributed by atoms with E-state index in [1.807, 2.05) is 6.07 Å². The van der Waals surface area contributed by atoms with Crippen LogP contribution in [0.1, 0.15) is 36.4 Å². The van der Waals surface area contributed by atoms with E-state index in [9.17, 15) is 0 Å². The smallest absolute Gasteiger partial charge is 0.119 e. The molecule has 19 heavy (non-hydrogen) atoms. The molecule has 2 aromatic rings. The summed E-state index contributed by atoms with van der Waals surface area (Å²) in [5.41, 5.74) is 9.86. The third-order valence-corrected chi connectivity index (χ3v) is 4.65. The highest BCUT2D eigenvalue weighted by Crippen LogP contribution is 2.41. The molecule has 0 bridgehead atoms. The first-order valence-electron chi connectivity index (χ1n) is 7.11. The van der Waals surface area contributed by atoms with E-state index in [-0.39, 0.29) is 0 Å². The maximum absolute atomic E-state index is 6.02. The minimum atomic E-state index is 0.479. The van der Waals surface area contributed by atoms with E-state index in [0.29, 0.717) is 5.92 Å². The first kappa shape index (κ1) is 12.5. The Bertz CT molecular complexity index is 584. The molecule has 3 nitrogen and oxygen atoms in total. The van der Waals surface area contributed by atoms with Crippen LogP contribution in [0.4, 0.5) is 0 Å². The highest BCUT2D eigenvalue weighted by molar-refractivity contribution is 5.86. The maximum atomic E-state index is 6.02. The number of methoxy groups -OCH3 is 1. The largest absolute Gasteiger partial charge is 0.497 e. The quantitative estimate of drug-likeness (QED) is 0.883. The molecular formula is C16H22N2O. The Balaban J connectivity index is 2.05. The van der Waals surface area contributed by atoms with E-state index < -0.39 is 0 Å². The van der Waals surface area contributed by atoms with Gasteiger partial charge in [-0.25, -0.2) is 0 Å². The summed E-state index contributed by atoms with van der Waals surface area (Å²) in [7, 11) is 1.71. The number of aromatic amines is 1. The summed E-state index contributed by atoms with van der Waals surface area (Å²) in [6.07, 6.45) is 3.99. The van der Waals surface area contributed by atoms with Gasteiger partial charge in [-0.05, 0) is 49.4 Å². The van der Waals surface area contributed by atoms with Crippen LogP contribution in [0.15, 0.2) is 18.2 Å². The molecule has 1 saturated carbocycles. The lowest BCUT2D eigenvalue weighted by molar-refractivity contribution is 0.261. The van der Waals surface area contributed by atoms with Crippen LogP contribution in [-0.2, 0) is 0 Å². The monoisotopic (exact) mass is 258 g/mol. The van der Waals surface area contributed by atoms with Crippen LogP contribution in [0.3, 0.4) is 0 Å². The number of aryl methyl sites for hydroxylation is 1. The number of H-pyrrole nitrogens is 1. The van der Waals surface area contributed by atoms with Crippen LogP contribution in [-0.4, -0.2) is 18.6 Å². The number of aromatic nitrogens is 1. The van der Waals surface area contributed by atoms with Crippen molar-refractivity contribution in [3.05, 3.63) is 29.5 Å². The van der Waals surface area contributed by atoms with Crippen molar-refractivity contribution in [2.45, 2.75) is 32.1 Å². The van der Waals surface area contributed by atoms with Gasteiger partial charge in [0.25, 0.3) is 0 Å². The van der Waals surface area contributed by atoms with Gasteiger partial charge in [0.15, 0.2) is 0 Å². The first-order chi connectivity index (χ1) is 9.24. The summed E-state index contributed by atoms with van der Waals surface area (Å²) in [5, 5.41) is 1.26. The molecule has 1 unspecified atom stereocenters. The molecule has 3 rings (SSSR count). The molecule has 102 valence electrons. The van der Waals surface area contributed by atoms with Crippen LogP contribution >= 0.6 is 0 Å². The average molecular weight is 258 g/mol. The van der Waals surface area contributed by atoms with Crippen molar-refractivity contribution in [3.8, 4) is 5.75 Å². The van der Waals surface area contributed by atoms with Crippen molar-refractivity contribution in [1.82, 2.24) is 4.98 Å². The third kappa shape index (κ3) is 2.02. The van der Waals surface area contributed by atoms with Crippen molar-refractivity contribution in [3.63, 3.8) is 0 Å². The second-order valence-electron chi connectivity index (χ2n) is 5.61. The van der Waals surface area contributed by atoms with Crippen molar-refractivity contribution < 1.29 is 4.74 Å². The lowest BCUT2D eigenvalue weighted by atomic mass is 9.74. The predicted molar refractivity (Wildman–Crippen MR) is 78.7 cm³/mol. The summed E-state index contributed by atoms with van der Waals surface area (Å²) < 4.78 is 5.31. The molecule has 1 heterocycles. The molecule has 0 radical (unpaired) electrons. The van der Waals surface area contributed by atoms with Gasteiger partial charge >= 0.3 is 0 Å². The number of nitrogens with one attached hydrogen (secondary N) is 1. The molecule has 1 aliphatic carbocycles. The molecule has 1 atom stereocenters. The summed E-state index contributed by atoms with van der Waals surface area (Å²) in [5.74, 6) is 2.15. The van der Waals surface area contributed by atoms with Gasteiger partial charge in [-0.15, -0.1) is 0 Å². The van der Waals surface area contributed by atoms with Crippen molar-refractivity contribution >= 4 is 10.9 Å². The molecule has 0 amide bonds. The topological polar surface area (TPSA) is 51.0 Å². The Morgan fingerprint density at radius 1 is 1.42 bits per heavy atom. The highest BCUT2D eigenvalue weighted by atomic mass is 16.5. The van der Waals surface area contributed by atoms with Gasteiger partial charge in [-0.2, -0.15) is 0 Å². The first-order valence-corrected chi connectivity index (χ1v) is 7.11. The van der Waals surface area contributed by atoms with Crippen LogP contribution in [0.5, 0.6) is 5.75 Å². The van der Waals surface area contributed by atoms with Gasteiger partial charge in [-0.3, -0.25) is 0 Å². The maximum Gasteiger partial charge on any atom is 0.119 e. The van der Waals surface area contributed by atoms with Gasteiger partial charge < -0.3 is 15.5 Å². The summed E-state index contributed by atoms with van der Waals surface area (Å²) in [4.78, 5) is 3.58. The van der Waals surface area contributed by atoms with Gasteiger partial charge in [0.05, 0.1) is 7.11 Å². The molecule has 1 aliphatic rings. The SMILES string of the molecule is COc1ccc2[nH]c(C(CN)C3CCC3)c(C)c2c1. The van der Waals surface area contributed by atoms with Crippen LogP contribution in [0, 0.1) is 12.8 Å². The lowest BCUT2D eigenvalue weighted by Crippen LogP contribution is -2.27. The van der Waals surface area contributed by atoms with Gasteiger partial charge in [0.2, 0.25) is 0 Å². The molecule has 3 heteroatoms. The predicted octanol–water partition coefficient (Wildman–Crippen LogP) is 3.33. The molecule has 1 fully saturated rings. The second kappa shape index (κ2) is 4.89. The fraction of sp³-hybridized carbons (Fsp3) is 0.500. The van der Waals surface area contributed by atoms with E-state index in [2.05, 4.69) is 24.0 Å². The Labute approximate surface area is 114 Å². The minimum Gasteiger partial charge on any atom is -0.497 e. The average Bonchev–Trinajstić information content (AvgIpc) is 2.70. The van der Waals surface area contributed by atoms with E-state index in [1.54, 1.807) is 7.11 Å². The molecule has 0 spiro atoms. The summed E-state index contributed by atoms with van der Waals surface area (Å²) >= 11 is 0. The van der Waals surface area contributed by atoms with E-state index in [0.717, 1.165) is 18.2 Å². The zero-order valence-corrected chi connectivity index (χ0v) is 11.7. The number of hydrogen-bond acceptors (Lipinski definition) is 2. The zero-order valence-electron chi connectivity index (χ0n) is 11.7. The molecule has 1 aromatic heterocycles. The summed E-state index contributed by atoms with van der Waals surface area (Å²) in [6, 6.07) is 6.21. The van der Waals surface area contributed by atoms with Crippen LogP contribution < -0.4 is 10.5 Å². The Morgan fingerprint density at radius 2 is 2.21 bits per heavy atom. The number of hydrogen-bond donors (Lipinski definition) is 2. The zero-order chi connectivity index (χ0) is 13.4. The third-order valence-electron chi connectivity index (χ3n) is 4.65. The standard InChI is InChI=1S/C16H22N2O/c1-10-13-8-12(19-2)6-7-15(13)18-16(10)14(9-17)11-4-3-5-11/h6-8,11,14,18H,3-5,9,17H2,1-2H3. The Kier molecular flexibility index (Phi) is 3.23. The molecule has 0 saturated heterocycles. The number of rotatable bonds is 4. The normalized spacial score (nSPS) is 17.4. The van der Waals surface area contributed by atoms with Gasteiger partial charge in [0.1, 0.15) is 5.75 Å². The minimum absolute atomic E-state index is 0.479. The number of nitrogens with two attached hydrogens (primary N) is 1. The number of fused-ring (bicyclic) bond motifs is 1. The van der Waals surface area contributed by atoms with Crippen molar-refractivity contribution in [2.24, 2.45) is 11.7 Å². The van der Waals surface area contributed by atoms with Crippen LogP contribution in [0.25, 0.3) is 10.9 Å². The molecule has 0 aliphatic heterocycles. The fourth-order valence-electron chi connectivity index (χ4n) is 3.21. The van der Waals surface area contributed by atoms with Gasteiger partial charge in [0, 0.05) is 29.1 Å². The fourth-order valence-corrected chi connectivity index (χ4v) is 3.21. The highest BCUT2D eigenvalue weighted by Gasteiger charge is 2.29. The Morgan fingerprint density at radius 3 is 2.79 bits per heavy atom. The molecule has 3 N–H and O–H groups in total. The lowest BCUT2D eigenvalue weighted by Gasteiger charge is -2.33. The van der Waals surface area contributed by atoms with E-state index in [4.69, 9.17) is 10.5 Å². The van der Waals surface area contributed by atoms with Crippen molar-refractivity contribution in [2.75, 3.05) is 13.7 Å². The van der Waals surface area contributed by atoms with Crippen LogP contribution in [0.2, 0.25) is 0 Å². The van der Waals surface area contributed by atoms with E-state index in [1.165, 1.54) is 41.4 Å². The number of benzene rings is 1. The van der Waals surface area contributed by atoms with Crippen molar-refractivity contribution in [1.29, 1.82) is 0 Å². The molecule has 1 aromatic carbocycles. The van der Waals surface area contributed by atoms with E-state index >= 15 is 0 Å². The number of ether oxygens (including phenoxy) is 1. The van der Waals surface area contributed by atoms with Gasteiger partial charge in [-0.1, -0.05) is 6.42 Å². The summed E-state index contributed by atoms with van der Waals surface area (Å²) in [6.45, 7) is 2.92. The second-order valence-corrected chi connectivity index (χ2v) is 5.61.